The van der Waals surface area contributed by atoms with Crippen LogP contribution in [0.3, 0.4) is 0 Å². The van der Waals surface area contributed by atoms with Crippen LogP contribution in [0.15, 0.2) is 0 Å². The fourth-order valence-corrected chi connectivity index (χ4v) is 1.95. The minimum Gasteiger partial charge on any atom is -0.352 e. The van der Waals surface area contributed by atoms with Crippen molar-refractivity contribution >= 4 is 21.8 Å². The third-order valence-electron chi connectivity index (χ3n) is 2.68. The van der Waals surface area contributed by atoms with Crippen molar-refractivity contribution in [1.82, 2.24) is 5.32 Å². The zero-order valence-corrected chi connectivity index (χ0v) is 9.93. The monoisotopic (exact) mass is 247 g/mol. The van der Waals surface area contributed by atoms with Crippen LogP contribution in [0, 0.1) is 5.92 Å². The Balaban J connectivity index is 2.28. The average molecular weight is 248 g/mol. The molecule has 3 unspecified atom stereocenters. The number of carbonyl (C=O) groups excluding carboxylic acids is 1. The quantitative estimate of drug-likeness (QED) is 0.764. The topological polar surface area (TPSA) is 29.1 Å². The van der Waals surface area contributed by atoms with Crippen LogP contribution in [-0.4, -0.2) is 16.8 Å². The van der Waals surface area contributed by atoms with Crippen LogP contribution in [-0.2, 0) is 4.79 Å². The molecule has 0 aliphatic heterocycles. The van der Waals surface area contributed by atoms with E-state index in [0.29, 0.717) is 6.04 Å². The highest BCUT2D eigenvalue weighted by atomic mass is 79.9. The van der Waals surface area contributed by atoms with Crippen LogP contribution in [0.2, 0.25) is 0 Å². The first kappa shape index (κ1) is 11.0. The van der Waals surface area contributed by atoms with Gasteiger partial charge in [-0.25, -0.2) is 0 Å². The fourth-order valence-electron chi connectivity index (χ4n) is 1.82. The van der Waals surface area contributed by atoms with Gasteiger partial charge in [-0.05, 0) is 31.6 Å². The molecule has 0 bridgehead atoms. The van der Waals surface area contributed by atoms with Crippen LogP contribution in [0.25, 0.3) is 0 Å². The van der Waals surface area contributed by atoms with E-state index in [4.69, 9.17) is 0 Å². The van der Waals surface area contributed by atoms with Gasteiger partial charge in [0.1, 0.15) is 0 Å². The summed E-state index contributed by atoms with van der Waals surface area (Å²) in [5.74, 6) is 0.933. The number of halogens is 1. The van der Waals surface area contributed by atoms with Crippen molar-refractivity contribution in [2.24, 2.45) is 5.92 Å². The Kier molecular flexibility index (Phi) is 4.23. The van der Waals surface area contributed by atoms with E-state index < -0.39 is 0 Å². The Morgan fingerprint density at radius 2 is 2.31 bits per heavy atom. The maximum Gasteiger partial charge on any atom is 0.233 e. The van der Waals surface area contributed by atoms with Crippen molar-refractivity contribution in [2.45, 2.75) is 50.4 Å². The SMILES string of the molecule is CCC(Br)C(=O)NC1CCC(C)C1. The first-order valence-corrected chi connectivity index (χ1v) is 5.99. The van der Waals surface area contributed by atoms with Crippen LogP contribution in [0.1, 0.15) is 39.5 Å². The first-order valence-electron chi connectivity index (χ1n) is 5.08. The molecule has 3 heteroatoms. The number of carbonyl (C=O) groups is 1. The van der Waals surface area contributed by atoms with Gasteiger partial charge in [-0.1, -0.05) is 29.8 Å². The standard InChI is InChI=1S/C10H18BrNO/c1-3-9(11)10(13)12-8-5-4-7(2)6-8/h7-9H,3-6H2,1-2H3,(H,12,13). The molecule has 0 radical (unpaired) electrons. The molecule has 0 aromatic carbocycles. The van der Waals surface area contributed by atoms with E-state index in [0.717, 1.165) is 25.2 Å². The van der Waals surface area contributed by atoms with Gasteiger partial charge in [-0.15, -0.1) is 0 Å². The molecule has 76 valence electrons. The highest BCUT2D eigenvalue weighted by Crippen LogP contribution is 2.24. The molecular formula is C10H18BrNO. The molecule has 1 saturated carbocycles. The van der Waals surface area contributed by atoms with E-state index in [9.17, 15) is 4.79 Å². The highest BCUT2D eigenvalue weighted by Gasteiger charge is 2.24. The third-order valence-corrected chi connectivity index (χ3v) is 3.75. The lowest BCUT2D eigenvalue weighted by molar-refractivity contribution is -0.121. The Labute approximate surface area is 88.6 Å². The minimum atomic E-state index is -0.0107. The van der Waals surface area contributed by atoms with Gasteiger partial charge in [-0.3, -0.25) is 4.79 Å². The molecule has 0 aromatic heterocycles. The van der Waals surface area contributed by atoms with Crippen molar-refractivity contribution in [3.63, 3.8) is 0 Å². The zero-order chi connectivity index (χ0) is 9.84. The van der Waals surface area contributed by atoms with E-state index in [1.807, 2.05) is 6.92 Å². The summed E-state index contributed by atoms with van der Waals surface area (Å²) in [6.07, 6.45) is 4.41. The lowest BCUT2D eigenvalue weighted by Crippen LogP contribution is -2.37. The number of hydrogen-bond acceptors (Lipinski definition) is 1. The van der Waals surface area contributed by atoms with E-state index in [1.54, 1.807) is 0 Å². The summed E-state index contributed by atoms with van der Waals surface area (Å²) < 4.78 is 0. The summed E-state index contributed by atoms with van der Waals surface area (Å²) in [7, 11) is 0. The molecule has 1 N–H and O–H groups in total. The predicted molar refractivity (Wildman–Crippen MR) is 58.0 cm³/mol. The highest BCUT2D eigenvalue weighted by molar-refractivity contribution is 9.10. The van der Waals surface area contributed by atoms with Crippen LogP contribution in [0.4, 0.5) is 0 Å². The van der Waals surface area contributed by atoms with Crippen molar-refractivity contribution in [3.8, 4) is 0 Å². The lowest BCUT2D eigenvalue weighted by Gasteiger charge is -2.14. The minimum absolute atomic E-state index is 0.0107. The van der Waals surface area contributed by atoms with Gasteiger partial charge < -0.3 is 5.32 Å². The van der Waals surface area contributed by atoms with E-state index in [1.165, 1.54) is 6.42 Å². The lowest BCUT2D eigenvalue weighted by atomic mass is 10.1. The summed E-state index contributed by atoms with van der Waals surface area (Å²) in [5, 5.41) is 3.07. The van der Waals surface area contributed by atoms with Crippen LogP contribution < -0.4 is 5.32 Å². The van der Waals surface area contributed by atoms with Crippen molar-refractivity contribution in [2.75, 3.05) is 0 Å². The van der Waals surface area contributed by atoms with E-state index in [2.05, 4.69) is 28.2 Å². The molecule has 1 rings (SSSR count). The maximum atomic E-state index is 11.5. The van der Waals surface area contributed by atoms with Gasteiger partial charge in [0.2, 0.25) is 5.91 Å². The largest absolute Gasteiger partial charge is 0.352 e. The van der Waals surface area contributed by atoms with Gasteiger partial charge in [0.15, 0.2) is 0 Å². The van der Waals surface area contributed by atoms with Crippen LogP contribution in [0.5, 0.6) is 0 Å². The van der Waals surface area contributed by atoms with E-state index >= 15 is 0 Å². The van der Waals surface area contributed by atoms with Crippen molar-refractivity contribution in [3.05, 3.63) is 0 Å². The molecule has 1 aliphatic carbocycles. The summed E-state index contributed by atoms with van der Waals surface area (Å²) >= 11 is 3.35. The fraction of sp³-hybridized carbons (Fsp3) is 0.900. The van der Waals surface area contributed by atoms with Crippen LogP contribution >= 0.6 is 15.9 Å². The average Bonchev–Trinajstić information content (AvgIpc) is 2.49. The second kappa shape index (κ2) is 4.99. The Bertz CT molecular complexity index is 184. The molecule has 0 saturated heterocycles. The van der Waals surface area contributed by atoms with Gasteiger partial charge in [-0.2, -0.15) is 0 Å². The number of hydrogen-bond donors (Lipinski definition) is 1. The number of alkyl halides is 1. The van der Waals surface area contributed by atoms with E-state index in [-0.39, 0.29) is 10.7 Å². The number of amides is 1. The molecule has 13 heavy (non-hydrogen) atoms. The van der Waals surface area contributed by atoms with Crippen molar-refractivity contribution in [1.29, 1.82) is 0 Å². The molecule has 1 amide bonds. The summed E-state index contributed by atoms with van der Waals surface area (Å²) in [6.45, 7) is 4.26. The predicted octanol–water partition coefficient (Wildman–Crippen LogP) is 2.46. The van der Waals surface area contributed by atoms with Gasteiger partial charge in [0.05, 0.1) is 4.83 Å². The summed E-state index contributed by atoms with van der Waals surface area (Å²) in [6, 6.07) is 0.425. The smallest absolute Gasteiger partial charge is 0.233 e. The van der Waals surface area contributed by atoms with Crippen molar-refractivity contribution < 1.29 is 4.79 Å². The normalized spacial score (nSPS) is 30.1. The number of nitrogens with one attached hydrogen (secondary N) is 1. The molecule has 1 fully saturated rings. The molecule has 0 aromatic rings. The zero-order valence-electron chi connectivity index (χ0n) is 8.35. The molecule has 0 spiro atoms. The molecule has 3 atom stereocenters. The second-order valence-corrected chi connectivity index (χ2v) is 5.10. The Morgan fingerprint density at radius 3 is 2.77 bits per heavy atom. The Morgan fingerprint density at radius 1 is 1.62 bits per heavy atom. The van der Waals surface area contributed by atoms with Gasteiger partial charge in [0.25, 0.3) is 0 Å². The molecule has 0 heterocycles. The van der Waals surface area contributed by atoms with Gasteiger partial charge in [0, 0.05) is 6.04 Å². The third kappa shape index (κ3) is 3.29. The number of rotatable bonds is 3. The Hall–Kier alpha value is -0.0500. The molecule has 1 aliphatic rings. The second-order valence-electron chi connectivity index (χ2n) is 4.00. The summed E-state index contributed by atoms with van der Waals surface area (Å²) in [5.41, 5.74) is 0. The molecular weight excluding hydrogens is 230 g/mol. The summed E-state index contributed by atoms with van der Waals surface area (Å²) in [4.78, 5) is 11.5. The maximum absolute atomic E-state index is 11.5. The first-order chi connectivity index (χ1) is 6.13. The van der Waals surface area contributed by atoms with Gasteiger partial charge >= 0.3 is 0 Å². The molecule has 2 nitrogen and oxygen atoms in total.